The summed E-state index contributed by atoms with van der Waals surface area (Å²) in [7, 11) is 1.30. The van der Waals surface area contributed by atoms with E-state index in [0.29, 0.717) is 11.3 Å². The molecule has 0 atom stereocenters. The molecule has 2 aromatic rings. The van der Waals surface area contributed by atoms with Gasteiger partial charge in [-0.25, -0.2) is 4.79 Å². The molecule has 142 valence electrons. The van der Waals surface area contributed by atoms with Crippen LogP contribution in [0, 0.1) is 0 Å². The van der Waals surface area contributed by atoms with E-state index in [0.717, 1.165) is 30.9 Å². The lowest BCUT2D eigenvalue weighted by atomic mass is 10.1. The first kappa shape index (κ1) is 18.9. The minimum absolute atomic E-state index is 0.194. The normalized spacial score (nSPS) is 14.0. The molecule has 0 aromatic heterocycles. The van der Waals surface area contributed by atoms with E-state index in [9.17, 15) is 9.59 Å². The average Bonchev–Trinajstić information content (AvgIpc) is 3.21. The van der Waals surface area contributed by atoms with Crippen molar-refractivity contribution >= 4 is 17.6 Å². The molecule has 0 radical (unpaired) electrons. The van der Waals surface area contributed by atoms with Gasteiger partial charge in [-0.15, -0.1) is 0 Å². The van der Waals surface area contributed by atoms with Crippen LogP contribution in [-0.2, 0) is 16.1 Å². The number of likely N-dealkylation sites (tertiary alicyclic amines) is 1. The second-order valence-corrected chi connectivity index (χ2v) is 6.49. The molecule has 3 rings (SSSR count). The van der Waals surface area contributed by atoms with Crippen molar-refractivity contribution in [3.05, 3.63) is 59.7 Å². The molecule has 1 aliphatic rings. The summed E-state index contributed by atoms with van der Waals surface area (Å²) in [6.45, 7) is 2.84. The Bertz CT molecular complexity index is 800. The number of carbonyl (C=O) groups is 2. The maximum Gasteiger partial charge on any atom is 0.343 e. The Kier molecular flexibility index (Phi) is 6.44. The second kappa shape index (κ2) is 9.19. The van der Waals surface area contributed by atoms with Crippen LogP contribution in [0.1, 0.15) is 28.8 Å². The van der Waals surface area contributed by atoms with Crippen molar-refractivity contribution < 1.29 is 19.1 Å². The molecule has 0 bridgehead atoms. The van der Waals surface area contributed by atoms with Crippen molar-refractivity contribution in [3.63, 3.8) is 0 Å². The van der Waals surface area contributed by atoms with E-state index in [-0.39, 0.29) is 12.5 Å². The van der Waals surface area contributed by atoms with Crippen molar-refractivity contribution in [1.29, 1.82) is 0 Å². The Balaban J connectivity index is 1.67. The molecular formula is C21H24N2O4. The van der Waals surface area contributed by atoms with E-state index in [2.05, 4.69) is 15.0 Å². The van der Waals surface area contributed by atoms with Gasteiger partial charge in [0.2, 0.25) is 0 Å². The van der Waals surface area contributed by atoms with Crippen LogP contribution < -0.4 is 10.1 Å². The molecule has 0 saturated carbocycles. The maximum atomic E-state index is 12.7. The molecule has 0 unspecified atom stereocenters. The predicted molar refractivity (Wildman–Crippen MR) is 103 cm³/mol. The number of anilines is 1. The van der Waals surface area contributed by atoms with Gasteiger partial charge in [0.05, 0.1) is 7.11 Å². The Hall–Kier alpha value is -2.86. The van der Waals surface area contributed by atoms with Gasteiger partial charge in [0, 0.05) is 17.8 Å². The number of ether oxygens (including phenoxy) is 2. The fourth-order valence-corrected chi connectivity index (χ4v) is 3.08. The zero-order valence-electron chi connectivity index (χ0n) is 15.4. The van der Waals surface area contributed by atoms with Gasteiger partial charge in [0.15, 0.2) is 6.61 Å². The highest BCUT2D eigenvalue weighted by atomic mass is 16.6. The molecular weight excluding hydrogens is 344 g/mol. The van der Waals surface area contributed by atoms with Crippen LogP contribution in [0.15, 0.2) is 48.5 Å². The first-order valence-electron chi connectivity index (χ1n) is 9.07. The van der Waals surface area contributed by atoms with E-state index in [1.165, 1.54) is 20.0 Å². The van der Waals surface area contributed by atoms with Crippen molar-refractivity contribution in [3.8, 4) is 5.75 Å². The van der Waals surface area contributed by atoms with E-state index < -0.39 is 5.97 Å². The van der Waals surface area contributed by atoms with Gasteiger partial charge in [-0.3, -0.25) is 9.69 Å². The number of hydrogen-bond donors (Lipinski definition) is 1. The third-order valence-corrected chi connectivity index (χ3v) is 4.54. The summed E-state index contributed by atoms with van der Waals surface area (Å²) < 4.78 is 9.90. The van der Waals surface area contributed by atoms with E-state index in [1.54, 1.807) is 24.3 Å². The van der Waals surface area contributed by atoms with Crippen LogP contribution in [0.2, 0.25) is 0 Å². The molecule has 1 amide bonds. The van der Waals surface area contributed by atoms with Gasteiger partial charge in [-0.2, -0.15) is 0 Å². The molecule has 1 heterocycles. The van der Waals surface area contributed by atoms with Gasteiger partial charge in [0.1, 0.15) is 5.75 Å². The first-order valence-corrected chi connectivity index (χ1v) is 9.07. The van der Waals surface area contributed by atoms with E-state index >= 15 is 0 Å². The standard InChI is InChI=1S/C21H24N2O4/c1-26-20(24)15-27-18-9-6-8-16(13-18)21(25)22-19-10-3-2-7-17(19)14-23-11-4-5-12-23/h2-3,6-10,13H,4-5,11-12,14-15H2,1H3,(H,22,25). The molecule has 27 heavy (non-hydrogen) atoms. The largest absolute Gasteiger partial charge is 0.482 e. The third-order valence-electron chi connectivity index (χ3n) is 4.54. The van der Waals surface area contributed by atoms with Gasteiger partial charge < -0.3 is 14.8 Å². The fraction of sp³-hybridized carbons (Fsp3) is 0.333. The second-order valence-electron chi connectivity index (χ2n) is 6.49. The number of rotatable bonds is 7. The quantitative estimate of drug-likeness (QED) is 0.761. The number of benzene rings is 2. The highest BCUT2D eigenvalue weighted by Gasteiger charge is 2.15. The number of esters is 1. The van der Waals surface area contributed by atoms with Crippen LogP contribution >= 0.6 is 0 Å². The molecule has 1 fully saturated rings. The zero-order chi connectivity index (χ0) is 19.1. The number of hydrogen-bond acceptors (Lipinski definition) is 5. The molecule has 0 spiro atoms. The Labute approximate surface area is 159 Å². The van der Waals surface area contributed by atoms with Gasteiger partial charge in [-0.05, 0) is 55.8 Å². The minimum atomic E-state index is -0.472. The predicted octanol–water partition coefficient (Wildman–Crippen LogP) is 3.09. The molecule has 0 aliphatic carbocycles. The zero-order valence-corrected chi connectivity index (χ0v) is 15.4. The molecule has 6 heteroatoms. The first-order chi connectivity index (χ1) is 13.2. The summed E-state index contributed by atoms with van der Waals surface area (Å²) in [4.78, 5) is 26.3. The lowest BCUT2D eigenvalue weighted by molar-refractivity contribution is -0.142. The minimum Gasteiger partial charge on any atom is -0.482 e. The SMILES string of the molecule is COC(=O)COc1cccc(C(=O)Nc2ccccc2CN2CCCC2)c1. The third kappa shape index (κ3) is 5.31. The fourth-order valence-electron chi connectivity index (χ4n) is 3.08. The van der Waals surface area contributed by atoms with Crippen LogP contribution in [0.5, 0.6) is 5.75 Å². The van der Waals surface area contributed by atoms with Crippen LogP contribution in [-0.4, -0.2) is 43.6 Å². The maximum absolute atomic E-state index is 12.7. The average molecular weight is 368 g/mol. The van der Waals surface area contributed by atoms with Crippen LogP contribution in [0.25, 0.3) is 0 Å². The molecule has 2 aromatic carbocycles. The summed E-state index contributed by atoms with van der Waals surface area (Å²) in [5, 5.41) is 2.99. The van der Waals surface area contributed by atoms with Crippen molar-refractivity contribution in [2.45, 2.75) is 19.4 Å². The summed E-state index contributed by atoms with van der Waals surface area (Å²) in [5.74, 6) is -0.244. The Morgan fingerprint density at radius 1 is 1.07 bits per heavy atom. The monoisotopic (exact) mass is 368 g/mol. The summed E-state index contributed by atoms with van der Waals surface area (Å²) in [5.41, 5.74) is 2.38. The summed E-state index contributed by atoms with van der Waals surface area (Å²) in [6, 6.07) is 14.6. The van der Waals surface area contributed by atoms with Crippen molar-refractivity contribution in [1.82, 2.24) is 4.90 Å². The molecule has 1 N–H and O–H groups in total. The number of methoxy groups -OCH3 is 1. The van der Waals surface area contributed by atoms with Crippen LogP contribution in [0.4, 0.5) is 5.69 Å². The molecule has 1 aliphatic heterocycles. The number of nitrogens with zero attached hydrogens (tertiary/aromatic N) is 1. The van der Waals surface area contributed by atoms with Gasteiger partial charge in [0.25, 0.3) is 5.91 Å². The molecule has 6 nitrogen and oxygen atoms in total. The number of nitrogens with one attached hydrogen (secondary N) is 1. The smallest absolute Gasteiger partial charge is 0.343 e. The number of amides is 1. The topological polar surface area (TPSA) is 67.9 Å². The summed E-state index contributed by atoms with van der Waals surface area (Å²) >= 11 is 0. The van der Waals surface area contributed by atoms with Gasteiger partial charge in [-0.1, -0.05) is 24.3 Å². The lowest BCUT2D eigenvalue weighted by Gasteiger charge is -2.18. The summed E-state index contributed by atoms with van der Waals surface area (Å²) in [6.07, 6.45) is 2.46. The van der Waals surface area contributed by atoms with Crippen molar-refractivity contribution in [2.24, 2.45) is 0 Å². The van der Waals surface area contributed by atoms with E-state index in [4.69, 9.17) is 4.74 Å². The lowest BCUT2D eigenvalue weighted by Crippen LogP contribution is -2.20. The van der Waals surface area contributed by atoms with Crippen LogP contribution in [0.3, 0.4) is 0 Å². The number of carbonyl (C=O) groups excluding carboxylic acids is 2. The van der Waals surface area contributed by atoms with E-state index in [1.807, 2.05) is 24.3 Å². The Morgan fingerprint density at radius 2 is 1.85 bits per heavy atom. The molecule has 1 saturated heterocycles. The highest BCUT2D eigenvalue weighted by Crippen LogP contribution is 2.21. The van der Waals surface area contributed by atoms with Crippen molar-refractivity contribution in [2.75, 3.05) is 32.1 Å². The van der Waals surface area contributed by atoms with Gasteiger partial charge >= 0.3 is 5.97 Å². The Morgan fingerprint density at radius 3 is 2.63 bits per heavy atom. The highest BCUT2D eigenvalue weighted by molar-refractivity contribution is 6.04. The number of para-hydroxylation sites is 1.